The standard InChI is InChI=1S/C16H23FN2S/c1-11-5-3-4-6-15(11)19-16(20)18-12(2)13-7-9-14(17)10-8-13/h7-12,15H,3-6H2,1-2H3,(H2,18,19,20)/t11-,12-,15-/m0/s1. The van der Waals surface area contributed by atoms with Crippen LogP contribution in [0, 0.1) is 11.7 Å². The van der Waals surface area contributed by atoms with Gasteiger partial charge in [-0.05, 0) is 55.6 Å². The van der Waals surface area contributed by atoms with Crippen molar-refractivity contribution in [1.29, 1.82) is 0 Å². The summed E-state index contributed by atoms with van der Waals surface area (Å²) in [5.74, 6) is 0.460. The van der Waals surface area contributed by atoms with E-state index in [2.05, 4.69) is 17.6 Å². The predicted molar refractivity (Wildman–Crippen MR) is 85.1 cm³/mol. The molecule has 1 aliphatic rings. The van der Waals surface area contributed by atoms with Gasteiger partial charge in [-0.15, -0.1) is 0 Å². The zero-order chi connectivity index (χ0) is 14.5. The predicted octanol–water partition coefficient (Wildman–Crippen LogP) is 3.93. The number of nitrogens with one attached hydrogen (secondary N) is 2. The lowest BCUT2D eigenvalue weighted by Crippen LogP contribution is -2.46. The number of rotatable bonds is 3. The van der Waals surface area contributed by atoms with Crippen molar-refractivity contribution in [3.8, 4) is 0 Å². The third-order valence-corrected chi connectivity index (χ3v) is 4.38. The summed E-state index contributed by atoms with van der Waals surface area (Å²) in [5, 5.41) is 7.40. The minimum absolute atomic E-state index is 0.0782. The van der Waals surface area contributed by atoms with Crippen LogP contribution in [0.3, 0.4) is 0 Å². The van der Waals surface area contributed by atoms with E-state index in [9.17, 15) is 4.39 Å². The molecule has 4 heteroatoms. The van der Waals surface area contributed by atoms with Gasteiger partial charge in [0.25, 0.3) is 0 Å². The Hall–Kier alpha value is -1.16. The fourth-order valence-electron chi connectivity index (χ4n) is 2.77. The molecular formula is C16H23FN2S. The molecule has 3 atom stereocenters. The Balaban J connectivity index is 1.85. The smallest absolute Gasteiger partial charge is 0.166 e. The van der Waals surface area contributed by atoms with Crippen LogP contribution in [0.2, 0.25) is 0 Å². The molecule has 0 amide bonds. The molecule has 0 heterocycles. The Morgan fingerprint density at radius 2 is 1.90 bits per heavy atom. The van der Waals surface area contributed by atoms with Crippen LogP contribution in [0.5, 0.6) is 0 Å². The molecule has 1 aromatic rings. The van der Waals surface area contributed by atoms with Crippen LogP contribution in [-0.2, 0) is 0 Å². The summed E-state index contributed by atoms with van der Waals surface area (Å²) < 4.78 is 12.9. The molecule has 0 unspecified atom stereocenters. The van der Waals surface area contributed by atoms with Gasteiger partial charge in [-0.3, -0.25) is 0 Å². The highest BCUT2D eigenvalue weighted by Gasteiger charge is 2.22. The highest BCUT2D eigenvalue weighted by atomic mass is 32.1. The Labute approximate surface area is 126 Å². The quantitative estimate of drug-likeness (QED) is 0.826. The van der Waals surface area contributed by atoms with Crippen LogP contribution in [0.1, 0.15) is 51.1 Å². The van der Waals surface area contributed by atoms with E-state index in [1.54, 1.807) is 12.1 Å². The maximum Gasteiger partial charge on any atom is 0.166 e. The Morgan fingerprint density at radius 3 is 2.55 bits per heavy atom. The zero-order valence-electron chi connectivity index (χ0n) is 12.2. The first-order valence-electron chi connectivity index (χ1n) is 7.39. The summed E-state index contributed by atoms with van der Waals surface area (Å²) in [6.07, 6.45) is 5.06. The molecule has 0 bridgehead atoms. The Bertz CT molecular complexity index is 446. The van der Waals surface area contributed by atoms with Crippen molar-refractivity contribution < 1.29 is 4.39 Å². The second-order valence-corrected chi connectivity index (χ2v) is 6.17. The Morgan fingerprint density at radius 1 is 1.25 bits per heavy atom. The van der Waals surface area contributed by atoms with E-state index in [1.165, 1.54) is 37.8 Å². The van der Waals surface area contributed by atoms with Crippen LogP contribution >= 0.6 is 12.2 Å². The maximum atomic E-state index is 12.9. The normalized spacial score (nSPS) is 23.9. The summed E-state index contributed by atoms with van der Waals surface area (Å²) in [7, 11) is 0. The lowest BCUT2D eigenvalue weighted by molar-refractivity contribution is 0.307. The van der Waals surface area contributed by atoms with Crippen molar-refractivity contribution in [3.63, 3.8) is 0 Å². The third kappa shape index (κ3) is 4.17. The van der Waals surface area contributed by atoms with Crippen molar-refractivity contribution in [2.45, 2.75) is 51.6 Å². The molecule has 1 aromatic carbocycles. The molecule has 0 radical (unpaired) electrons. The van der Waals surface area contributed by atoms with E-state index in [0.717, 1.165) is 5.56 Å². The first kappa shape index (κ1) is 15.2. The molecule has 1 saturated carbocycles. The van der Waals surface area contributed by atoms with Gasteiger partial charge in [0.15, 0.2) is 5.11 Å². The van der Waals surface area contributed by atoms with E-state index in [-0.39, 0.29) is 11.9 Å². The largest absolute Gasteiger partial charge is 0.360 e. The van der Waals surface area contributed by atoms with Crippen LogP contribution in [0.4, 0.5) is 4.39 Å². The first-order chi connectivity index (χ1) is 9.56. The van der Waals surface area contributed by atoms with Gasteiger partial charge in [0, 0.05) is 6.04 Å². The molecule has 2 nitrogen and oxygen atoms in total. The van der Waals surface area contributed by atoms with Gasteiger partial charge in [-0.2, -0.15) is 0 Å². The number of thiocarbonyl (C=S) groups is 1. The van der Waals surface area contributed by atoms with Gasteiger partial charge in [0.2, 0.25) is 0 Å². The molecule has 0 aliphatic heterocycles. The number of benzene rings is 1. The molecular weight excluding hydrogens is 271 g/mol. The lowest BCUT2D eigenvalue weighted by atomic mass is 9.86. The summed E-state index contributed by atoms with van der Waals surface area (Å²) in [6.45, 7) is 4.31. The van der Waals surface area contributed by atoms with Crippen molar-refractivity contribution in [1.82, 2.24) is 10.6 Å². The average Bonchev–Trinajstić information content (AvgIpc) is 2.42. The topological polar surface area (TPSA) is 24.1 Å². The molecule has 2 rings (SSSR count). The van der Waals surface area contributed by atoms with E-state index in [1.807, 2.05) is 6.92 Å². The van der Waals surface area contributed by atoms with Crippen LogP contribution in [0.15, 0.2) is 24.3 Å². The van der Waals surface area contributed by atoms with Crippen molar-refractivity contribution >= 4 is 17.3 Å². The van der Waals surface area contributed by atoms with Crippen molar-refractivity contribution in [2.75, 3.05) is 0 Å². The summed E-state index contributed by atoms with van der Waals surface area (Å²) in [5.41, 5.74) is 1.03. The van der Waals surface area contributed by atoms with Crippen LogP contribution < -0.4 is 10.6 Å². The van der Waals surface area contributed by atoms with Gasteiger partial charge in [0.05, 0.1) is 6.04 Å². The maximum absolute atomic E-state index is 12.9. The van der Waals surface area contributed by atoms with Gasteiger partial charge < -0.3 is 10.6 Å². The molecule has 2 N–H and O–H groups in total. The third-order valence-electron chi connectivity index (χ3n) is 4.15. The minimum atomic E-state index is -0.210. The van der Waals surface area contributed by atoms with Gasteiger partial charge >= 0.3 is 0 Å². The zero-order valence-corrected chi connectivity index (χ0v) is 13.0. The second kappa shape index (κ2) is 7.02. The molecule has 0 aromatic heterocycles. The van der Waals surface area contributed by atoms with Gasteiger partial charge in [-0.1, -0.05) is 31.9 Å². The number of halogens is 1. The summed E-state index contributed by atoms with van der Waals surface area (Å²) in [6, 6.07) is 7.09. The molecule has 0 saturated heterocycles. The average molecular weight is 294 g/mol. The molecule has 20 heavy (non-hydrogen) atoms. The van der Waals surface area contributed by atoms with Gasteiger partial charge in [-0.25, -0.2) is 4.39 Å². The van der Waals surface area contributed by atoms with E-state index in [0.29, 0.717) is 17.1 Å². The first-order valence-corrected chi connectivity index (χ1v) is 7.79. The fourth-order valence-corrected chi connectivity index (χ4v) is 3.10. The van der Waals surface area contributed by atoms with Crippen molar-refractivity contribution in [3.05, 3.63) is 35.6 Å². The lowest BCUT2D eigenvalue weighted by Gasteiger charge is -2.31. The fraction of sp³-hybridized carbons (Fsp3) is 0.562. The van der Waals surface area contributed by atoms with E-state index in [4.69, 9.17) is 12.2 Å². The molecule has 1 fully saturated rings. The van der Waals surface area contributed by atoms with Crippen LogP contribution in [0.25, 0.3) is 0 Å². The Kier molecular flexibility index (Phi) is 5.35. The highest BCUT2D eigenvalue weighted by Crippen LogP contribution is 2.23. The van der Waals surface area contributed by atoms with E-state index >= 15 is 0 Å². The monoisotopic (exact) mass is 294 g/mol. The highest BCUT2D eigenvalue weighted by molar-refractivity contribution is 7.80. The van der Waals surface area contributed by atoms with Crippen molar-refractivity contribution in [2.24, 2.45) is 5.92 Å². The summed E-state index contributed by atoms with van der Waals surface area (Å²) in [4.78, 5) is 0. The molecule has 1 aliphatic carbocycles. The molecule has 110 valence electrons. The summed E-state index contributed by atoms with van der Waals surface area (Å²) >= 11 is 5.39. The minimum Gasteiger partial charge on any atom is -0.360 e. The SMILES string of the molecule is C[C@H](NC(=S)N[C@H]1CCCC[C@@H]1C)c1ccc(F)cc1. The number of hydrogen-bond acceptors (Lipinski definition) is 1. The number of hydrogen-bond donors (Lipinski definition) is 2. The van der Waals surface area contributed by atoms with E-state index < -0.39 is 0 Å². The van der Waals surface area contributed by atoms with Gasteiger partial charge in [0.1, 0.15) is 5.82 Å². The van der Waals surface area contributed by atoms with Crippen LogP contribution in [-0.4, -0.2) is 11.2 Å². The second-order valence-electron chi connectivity index (χ2n) is 5.76. The molecule has 0 spiro atoms.